The number of aliphatic hydroxyl groups is 1. The summed E-state index contributed by atoms with van der Waals surface area (Å²) in [5.74, 6) is -0.334. The Morgan fingerprint density at radius 2 is 2.11 bits per heavy atom. The minimum absolute atomic E-state index is 0.310. The molecular formula is C15H22FNO2. The molecule has 0 amide bonds. The van der Waals surface area contributed by atoms with Crippen LogP contribution in [0.4, 0.5) is 10.1 Å². The molecule has 1 aromatic carbocycles. The number of piperidine rings is 1. The number of ether oxygens (including phenoxy) is 1. The fourth-order valence-electron chi connectivity index (χ4n) is 2.71. The third-order valence-corrected chi connectivity index (χ3v) is 3.63. The highest BCUT2D eigenvalue weighted by Crippen LogP contribution is 2.31. The van der Waals surface area contributed by atoms with Crippen molar-refractivity contribution in [2.45, 2.75) is 38.9 Å². The van der Waals surface area contributed by atoms with Gasteiger partial charge in [-0.15, -0.1) is 0 Å². The first-order valence-corrected chi connectivity index (χ1v) is 6.96. The molecule has 1 aliphatic rings. The minimum Gasteiger partial charge on any atom is -0.389 e. The van der Waals surface area contributed by atoms with Crippen molar-refractivity contribution in [1.82, 2.24) is 0 Å². The van der Waals surface area contributed by atoms with E-state index in [0.29, 0.717) is 11.7 Å². The lowest BCUT2D eigenvalue weighted by atomic mass is 10.0. The van der Waals surface area contributed by atoms with Gasteiger partial charge in [0, 0.05) is 30.9 Å². The van der Waals surface area contributed by atoms with E-state index in [-0.39, 0.29) is 5.82 Å². The zero-order valence-electron chi connectivity index (χ0n) is 11.6. The van der Waals surface area contributed by atoms with Crippen LogP contribution in [0.3, 0.4) is 0 Å². The molecule has 106 valence electrons. The highest BCUT2D eigenvalue weighted by atomic mass is 19.1. The van der Waals surface area contributed by atoms with E-state index in [1.807, 2.05) is 13.0 Å². The lowest BCUT2D eigenvalue weighted by Crippen LogP contribution is -2.37. The number of anilines is 1. The molecule has 1 heterocycles. The Bertz CT molecular complexity index is 415. The molecule has 1 atom stereocenters. The molecule has 0 spiro atoms. The average molecular weight is 267 g/mol. The maximum atomic E-state index is 13.8. The zero-order valence-corrected chi connectivity index (χ0v) is 11.6. The number of hydrogen-bond donors (Lipinski definition) is 1. The van der Waals surface area contributed by atoms with Gasteiger partial charge in [0.15, 0.2) is 0 Å². The Morgan fingerprint density at radius 3 is 2.68 bits per heavy atom. The lowest BCUT2D eigenvalue weighted by molar-refractivity contribution is 0.0458. The van der Waals surface area contributed by atoms with Gasteiger partial charge in [-0.25, -0.2) is 4.39 Å². The molecular weight excluding hydrogens is 245 g/mol. The Kier molecular flexibility index (Phi) is 4.77. The molecule has 0 bridgehead atoms. The molecule has 0 aromatic heterocycles. The maximum Gasteiger partial charge on any atom is 0.131 e. The van der Waals surface area contributed by atoms with Crippen LogP contribution in [-0.2, 0) is 4.74 Å². The summed E-state index contributed by atoms with van der Waals surface area (Å²) in [4.78, 5) is 2.14. The maximum absolute atomic E-state index is 13.8. The van der Waals surface area contributed by atoms with Gasteiger partial charge in [-0.05, 0) is 38.8 Å². The summed E-state index contributed by atoms with van der Waals surface area (Å²) in [7, 11) is 0. The van der Waals surface area contributed by atoms with Crippen molar-refractivity contribution in [3.63, 3.8) is 0 Å². The molecule has 1 aromatic rings. The SMILES string of the molecule is CCOC1CCN(c2cccc(F)c2[C@@H](C)O)CC1. The third-order valence-electron chi connectivity index (χ3n) is 3.63. The highest BCUT2D eigenvalue weighted by molar-refractivity contribution is 5.55. The second kappa shape index (κ2) is 6.35. The second-order valence-corrected chi connectivity index (χ2v) is 4.99. The monoisotopic (exact) mass is 267 g/mol. The number of nitrogens with zero attached hydrogens (tertiary/aromatic N) is 1. The van der Waals surface area contributed by atoms with Gasteiger partial charge in [-0.2, -0.15) is 0 Å². The molecule has 1 N–H and O–H groups in total. The number of rotatable bonds is 4. The van der Waals surface area contributed by atoms with Gasteiger partial charge < -0.3 is 14.7 Å². The molecule has 0 saturated carbocycles. The van der Waals surface area contributed by atoms with Gasteiger partial charge in [0.05, 0.1) is 12.2 Å². The Hall–Kier alpha value is -1.13. The van der Waals surface area contributed by atoms with E-state index in [1.165, 1.54) is 6.07 Å². The average Bonchev–Trinajstić information content (AvgIpc) is 2.39. The van der Waals surface area contributed by atoms with Crippen molar-refractivity contribution in [3.8, 4) is 0 Å². The van der Waals surface area contributed by atoms with E-state index in [0.717, 1.165) is 38.2 Å². The zero-order chi connectivity index (χ0) is 13.8. The van der Waals surface area contributed by atoms with Crippen LogP contribution < -0.4 is 4.90 Å². The van der Waals surface area contributed by atoms with E-state index in [1.54, 1.807) is 13.0 Å². The summed E-state index contributed by atoms with van der Waals surface area (Å²) >= 11 is 0. The van der Waals surface area contributed by atoms with Crippen LogP contribution in [0, 0.1) is 5.82 Å². The summed E-state index contributed by atoms with van der Waals surface area (Å²) in [5, 5.41) is 9.76. The molecule has 19 heavy (non-hydrogen) atoms. The predicted octanol–water partition coefficient (Wildman–Crippen LogP) is 2.88. The Morgan fingerprint density at radius 1 is 1.42 bits per heavy atom. The number of halogens is 1. The van der Waals surface area contributed by atoms with Crippen LogP contribution >= 0.6 is 0 Å². The largest absolute Gasteiger partial charge is 0.389 e. The second-order valence-electron chi connectivity index (χ2n) is 4.99. The van der Waals surface area contributed by atoms with Gasteiger partial charge >= 0.3 is 0 Å². The lowest BCUT2D eigenvalue weighted by Gasteiger charge is -2.35. The first kappa shape index (κ1) is 14.3. The number of benzene rings is 1. The van der Waals surface area contributed by atoms with Crippen LogP contribution in [0.2, 0.25) is 0 Å². The molecule has 1 aliphatic heterocycles. The summed E-state index contributed by atoms with van der Waals surface area (Å²) in [6.07, 6.45) is 1.42. The first-order valence-electron chi connectivity index (χ1n) is 6.96. The van der Waals surface area contributed by atoms with Gasteiger partial charge in [-0.1, -0.05) is 6.07 Å². The molecule has 0 unspecified atom stereocenters. The molecule has 0 aliphatic carbocycles. The van der Waals surface area contributed by atoms with E-state index in [2.05, 4.69) is 4.90 Å². The van der Waals surface area contributed by atoms with E-state index in [4.69, 9.17) is 4.74 Å². The molecule has 0 radical (unpaired) electrons. The molecule has 1 saturated heterocycles. The van der Waals surface area contributed by atoms with Crippen molar-refractivity contribution >= 4 is 5.69 Å². The van der Waals surface area contributed by atoms with Crippen LogP contribution in [0.5, 0.6) is 0 Å². The quantitative estimate of drug-likeness (QED) is 0.910. The van der Waals surface area contributed by atoms with Crippen LogP contribution in [0.15, 0.2) is 18.2 Å². The third kappa shape index (κ3) is 3.25. The number of hydrogen-bond acceptors (Lipinski definition) is 3. The van der Waals surface area contributed by atoms with E-state index >= 15 is 0 Å². The number of aliphatic hydroxyl groups excluding tert-OH is 1. The van der Waals surface area contributed by atoms with Crippen molar-refractivity contribution < 1.29 is 14.2 Å². The Labute approximate surface area is 114 Å². The first-order chi connectivity index (χ1) is 9.13. The van der Waals surface area contributed by atoms with E-state index < -0.39 is 6.10 Å². The minimum atomic E-state index is -0.791. The molecule has 1 fully saturated rings. The van der Waals surface area contributed by atoms with Crippen molar-refractivity contribution in [3.05, 3.63) is 29.6 Å². The summed E-state index contributed by atoms with van der Waals surface area (Å²) in [6, 6.07) is 4.98. The topological polar surface area (TPSA) is 32.7 Å². The van der Waals surface area contributed by atoms with Crippen molar-refractivity contribution in [2.75, 3.05) is 24.6 Å². The van der Waals surface area contributed by atoms with Crippen LogP contribution in [0.1, 0.15) is 38.4 Å². The molecule has 2 rings (SSSR count). The van der Waals surface area contributed by atoms with Gasteiger partial charge in [0.2, 0.25) is 0 Å². The standard InChI is InChI=1S/C15H22FNO2/c1-3-19-12-7-9-17(10-8-12)14-6-4-5-13(16)15(14)11(2)18/h4-6,11-12,18H,3,7-10H2,1-2H3/t11-/m1/s1. The molecule has 4 heteroatoms. The highest BCUT2D eigenvalue weighted by Gasteiger charge is 2.23. The van der Waals surface area contributed by atoms with Crippen LogP contribution in [-0.4, -0.2) is 30.9 Å². The predicted molar refractivity (Wildman–Crippen MR) is 73.9 cm³/mol. The fraction of sp³-hybridized carbons (Fsp3) is 0.600. The van der Waals surface area contributed by atoms with Gasteiger partial charge in [0.1, 0.15) is 5.82 Å². The van der Waals surface area contributed by atoms with E-state index in [9.17, 15) is 9.50 Å². The normalized spacial score (nSPS) is 18.6. The van der Waals surface area contributed by atoms with Gasteiger partial charge in [-0.3, -0.25) is 0 Å². The van der Waals surface area contributed by atoms with Crippen LogP contribution in [0.25, 0.3) is 0 Å². The summed E-state index contributed by atoms with van der Waals surface area (Å²) in [5.41, 5.74) is 1.21. The van der Waals surface area contributed by atoms with Crippen molar-refractivity contribution in [1.29, 1.82) is 0 Å². The fourth-order valence-corrected chi connectivity index (χ4v) is 2.71. The van der Waals surface area contributed by atoms with Crippen molar-refractivity contribution in [2.24, 2.45) is 0 Å². The molecule has 3 nitrogen and oxygen atoms in total. The van der Waals surface area contributed by atoms with Gasteiger partial charge in [0.25, 0.3) is 0 Å². The smallest absolute Gasteiger partial charge is 0.131 e. The summed E-state index contributed by atoms with van der Waals surface area (Å²) in [6.45, 7) is 6.03. The summed E-state index contributed by atoms with van der Waals surface area (Å²) < 4.78 is 19.5. The Balaban J connectivity index is 2.13.